The van der Waals surface area contributed by atoms with Gasteiger partial charge < -0.3 is 15.5 Å². The van der Waals surface area contributed by atoms with E-state index in [1.54, 1.807) is 32.1 Å². The molecule has 0 saturated carbocycles. The molecule has 7 heteroatoms. The number of nitrogens with zero attached hydrogens (tertiary/aromatic N) is 1. The van der Waals surface area contributed by atoms with Crippen LogP contribution >= 0.6 is 11.3 Å². The molecule has 0 aromatic carbocycles. The number of nitrogens with one attached hydrogen (secondary N) is 1. The molecular weight excluding hydrogens is 436 g/mol. The smallest absolute Gasteiger partial charge is 0.223 e. The number of hydrogen-bond donors (Lipinski definition) is 3. The van der Waals surface area contributed by atoms with Crippen LogP contribution in [0.25, 0.3) is 6.08 Å². The van der Waals surface area contributed by atoms with Crippen molar-refractivity contribution in [2.75, 3.05) is 0 Å². The monoisotopic (exact) mass is 476 g/mol. The van der Waals surface area contributed by atoms with Crippen molar-refractivity contribution in [2.45, 2.75) is 91.9 Å². The van der Waals surface area contributed by atoms with E-state index in [1.807, 2.05) is 32.2 Å². The Hall–Kier alpha value is -1.83. The largest absolute Gasteiger partial charge is 0.392 e. The summed E-state index contributed by atoms with van der Waals surface area (Å²) in [4.78, 5) is 30.5. The average Bonchev–Trinajstić information content (AvgIpc) is 3.16. The summed E-state index contributed by atoms with van der Waals surface area (Å²) >= 11 is 1.58. The molecule has 0 spiro atoms. The van der Waals surface area contributed by atoms with E-state index in [2.05, 4.69) is 22.5 Å². The highest BCUT2D eigenvalue weighted by molar-refractivity contribution is 7.09. The van der Waals surface area contributed by atoms with E-state index in [0.717, 1.165) is 35.5 Å². The van der Waals surface area contributed by atoms with Gasteiger partial charge in [0.25, 0.3) is 0 Å². The van der Waals surface area contributed by atoms with Crippen molar-refractivity contribution in [1.82, 2.24) is 10.3 Å². The number of rotatable bonds is 2. The van der Waals surface area contributed by atoms with Crippen LogP contribution in [0.1, 0.15) is 77.4 Å². The Morgan fingerprint density at radius 1 is 1.24 bits per heavy atom. The molecule has 5 atom stereocenters. The van der Waals surface area contributed by atoms with Gasteiger partial charge in [-0.05, 0) is 57.1 Å². The third-order valence-corrected chi connectivity index (χ3v) is 7.61. The zero-order valence-corrected chi connectivity index (χ0v) is 21.6. The van der Waals surface area contributed by atoms with E-state index in [4.69, 9.17) is 0 Å². The zero-order valence-electron chi connectivity index (χ0n) is 20.8. The minimum Gasteiger partial charge on any atom is -0.392 e. The van der Waals surface area contributed by atoms with Crippen LogP contribution in [0.2, 0.25) is 0 Å². The van der Waals surface area contributed by atoms with Crippen molar-refractivity contribution >= 4 is 29.1 Å². The number of aryl methyl sites for hydroxylation is 1. The lowest BCUT2D eigenvalue weighted by atomic mass is 9.73. The molecule has 0 fully saturated rings. The number of ketones is 1. The van der Waals surface area contributed by atoms with E-state index in [0.29, 0.717) is 6.42 Å². The molecule has 33 heavy (non-hydrogen) atoms. The van der Waals surface area contributed by atoms with Crippen molar-refractivity contribution in [3.63, 3.8) is 0 Å². The molecule has 1 amide bonds. The summed E-state index contributed by atoms with van der Waals surface area (Å²) in [5, 5.41) is 27.5. The third kappa shape index (κ3) is 7.59. The fraction of sp³-hybridized carbons (Fsp3) is 0.654. The lowest BCUT2D eigenvalue weighted by Crippen LogP contribution is -2.47. The predicted octanol–water partition coefficient (Wildman–Crippen LogP) is 4.45. The highest BCUT2D eigenvalue weighted by Crippen LogP contribution is 2.31. The lowest BCUT2D eigenvalue weighted by Gasteiger charge is -2.34. The van der Waals surface area contributed by atoms with Gasteiger partial charge in [0.2, 0.25) is 5.91 Å². The van der Waals surface area contributed by atoms with Crippen LogP contribution in [0.4, 0.5) is 0 Å². The second-order valence-corrected chi connectivity index (χ2v) is 11.1. The van der Waals surface area contributed by atoms with Gasteiger partial charge in [0, 0.05) is 11.3 Å². The summed E-state index contributed by atoms with van der Waals surface area (Å²) in [5.41, 5.74) is 0.704. The lowest BCUT2D eigenvalue weighted by molar-refractivity contribution is -0.143. The molecule has 1 unspecified atom stereocenters. The number of thiazole rings is 1. The van der Waals surface area contributed by atoms with Crippen LogP contribution in [-0.4, -0.2) is 45.1 Å². The van der Waals surface area contributed by atoms with Gasteiger partial charge in [-0.2, -0.15) is 0 Å². The summed E-state index contributed by atoms with van der Waals surface area (Å²) in [6, 6.07) is -0.227. The molecule has 1 aliphatic rings. The van der Waals surface area contributed by atoms with Crippen LogP contribution in [0.5, 0.6) is 0 Å². The minimum atomic E-state index is -1.15. The van der Waals surface area contributed by atoms with Gasteiger partial charge in [-0.25, -0.2) is 4.98 Å². The highest BCUT2D eigenvalue weighted by atomic mass is 32.1. The number of carbonyl (C=O) groups excluding carboxylic acids is 2. The van der Waals surface area contributed by atoms with E-state index in [1.165, 1.54) is 0 Å². The second-order valence-electron chi connectivity index (χ2n) is 10.0. The van der Waals surface area contributed by atoms with Gasteiger partial charge in [0.1, 0.15) is 5.78 Å². The van der Waals surface area contributed by atoms with Crippen LogP contribution < -0.4 is 5.32 Å². The topological polar surface area (TPSA) is 99.5 Å². The van der Waals surface area contributed by atoms with E-state index < -0.39 is 23.5 Å². The van der Waals surface area contributed by atoms with E-state index >= 15 is 0 Å². The molecule has 6 nitrogen and oxygen atoms in total. The van der Waals surface area contributed by atoms with Crippen LogP contribution in [-0.2, 0) is 9.59 Å². The first kappa shape index (κ1) is 27.4. The van der Waals surface area contributed by atoms with Gasteiger partial charge in [0.05, 0.1) is 40.8 Å². The molecule has 2 heterocycles. The summed E-state index contributed by atoms with van der Waals surface area (Å²) in [6.45, 7) is 10.9. The van der Waals surface area contributed by atoms with Gasteiger partial charge in [-0.15, -0.1) is 11.3 Å². The number of allylic oxidation sites excluding steroid dienone is 1. The Morgan fingerprint density at radius 3 is 2.58 bits per heavy atom. The van der Waals surface area contributed by atoms with Gasteiger partial charge >= 0.3 is 0 Å². The summed E-state index contributed by atoms with van der Waals surface area (Å²) < 4.78 is 0. The molecule has 1 aliphatic heterocycles. The number of aromatic nitrogens is 1. The number of Topliss-reactive ketones (excluding diaryl/α,β-unsaturated/α-hetero) is 1. The Bertz CT molecular complexity index is 873. The normalized spacial score (nSPS) is 30.8. The maximum atomic E-state index is 13.1. The van der Waals surface area contributed by atoms with Crippen LogP contribution in [0, 0.1) is 24.2 Å². The first-order chi connectivity index (χ1) is 15.4. The zero-order chi connectivity index (χ0) is 24.8. The fourth-order valence-corrected chi connectivity index (χ4v) is 4.87. The average molecular weight is 477 g/mol. The van der Waals surface area contributed by atoms with Crippen LogP contribution in [0.15, 0.2) is 23.1 Å². The molecule has 1 aromatic heterocycles. The summed E-state index contributed by atoms with van der Waals surface area (Å²) in [6.07, 6.45) is 7.29. The van der Waals surface area contributed by atoms with Crippen molar-refractivity contribution in [3.8, 4) is 0 Å². The molecule has 2 rings (SSSR count). The van der Waals surface area contributed by atoms with E-state index in [-0.39, 0.29) is 30.1 Å². The number of aliphatic hydroxyl groups excluding tert-OH is 2. The van der Waals surface area contributed by atoms with Crippen molar-refractivity contribution < 1.29 is 19.8 Å². The SMILES string of the molecule is CC(=Cc1csc(C)n1)C1CC=CCCC[C@@H](C)[C@@H](O)[C@H](C)C(=O)C(C)(C)[C@@H](O)CC(=O)N1. The number of carbonyl (C=O) groups is 2. The number of amides is 1. The standard InChI is InChI=1S/C26H40N2O4S/c1-16-11-9-7-8-10-12-21(17(2)13-20-15-33-19(4)27-20)28-23(30)14-22(29)26(5,6)25(32)18(3)24(16)31/h8,10,13,15-16,18,21-22,24,29,31H,7,9,11-12,14H2,1-6H3,(H,28,30)/t16-,18+,21?,22+,24-/m1/s1. The third-order valence-electron chi connectivity index (χ3n) is 6.82. The first-order valence-corrected chi connectivity index (χ1v) is 12.8. The summed E-state index contributed by atoms with van der Waals surface area (Å²) in [5.74, 6) is -1.17. The van der Waals surface area contributed by atoms with Gasteiger partial charge in [0.15, 0.2) is 0 Å². The maximum Gasteiger partial charge on any atom is 0.223 e. The number of hydrogen-bond acceptors (Lipinski definition) is 6. The quantitative estimate of drug-likeness (QED) is 0.548. The predicted molar refractivity (Wildman–Crippen MR) is 134 cm³/mol. The summed E-state index contributed by atoms with van der Waals surface area (Å²) in [7, 11) is 0. The Balaban J connectivity index is 2.27. The molecule has 0 radical (unpaired) electrons. The molecule has 0 aliphatic carbocycles. The molecule has 0 saturated heterocycles. The Labute approximate surface area is 202 Å². The molecule has 3 N–H and O–H groups in total. The van der Waals surface area contributed by atoms with Crippen molar-refractivity contribution in [3.05, 3.63) is 33.8 Å². The van der Waals surface area contributed by atoms with E-state index in [9.17, 15) is 19.8 Å². The fourth-order valence-electron chi connectivity index (χ4n) is 4.30. The Morgan fingerprint density at radius 2 is 1.94 bits per heavy atom. The molecule has 0 bridgehead atoms. The van der Waals surface area contributed by atoms with Gasteiger partial charge in [-0.1, -0.05) is 39.8 Å². The second kappa shape index (κ2) is 12.0. The molecule has 1 aromatic rings. The maximum absolute atomic E-state index is 13.1. The molecular formula is C26H40N2O4S. The highest BCUT2D eigenvalue weighted by Gasteiger charge is 2.42. The first-order valence-electron chi connectivity index (χ1n) is 11.9. The van der Waals surface area contributed by atoms with Crippen molar-refractivity contribution in [1.29, 1.82) is 0 Å². The Kier molecular flexibility index (Phi) is 10.0. The van der Waals surface area contributed by atoms with Crippen molar-refractivity contribution in [2.24, 2.45) is 17.3 Å². The van der Waals surface area contributed by atoms with Gasteiger partial charge in [-0.3, -0.25) is 9.59 Å². The number of aliphatic hydroxyl groups is 2. The molecule has 184 valence electrons. The van der Waals surface area contributed by atoms with Crippen LogP contribution in [0.3, 0.4) is 0 Å². The minimum absolute atomic E-state index is 0.0269.